The van der Waals surface area contributed by atoms with Gasteiger partial charge in [-0.3, -0.25) is 4.79 Å². The molecular weight excluding hydrogens is 210 g/mol. The van der Waals surface area contributed by atoms with Crippen molar-refractivity contribution in [1.82, 2.24) is 4.90 Å². The molecule has 1 aliphatic carbocycles. The van der Waals surface area contributed by atoms with Crippen LogP contribution in [0.1, 0.15) is 32.6 Å². The van der Waals surface area contributed by atoms with Gasteiger partial charge < -0.3 is 20.2 Å². The fourth-order valence-electron chi connectivity index (χ4n) is 2.18. The number of aliphatic hydroxyl groups excluding tert-OH is 2. The Morgan fingerprint density at radius 2 is 1.81 bits per heavy atom. The van der Waals surface area contributed by atoms with E-state index < -0.39 is 18.8 Å². The van der Waals surface area contributed by atoms with Gasteiger partial charge in [-0.25, -0.2) is 0 Å². The van der Waals surface area contributed by atoms with E-state index in [0.29, 0.717) is 0 Å². The Labute approximate surface area is 95.7 Å². The van der Waals surface area contributed by atoms with Gasteiger partial charge in [-0.2, -0.15) is 0 Å². The lowest BCUT2D eigenvalue weighted by Gasteiger charge is -2.35. The highest BCUT2D eigenvalue weighted by molar-refractivity contribution is 5.73. The first-order valence-corrected chi connectivity index (χ1v) is 5.74. The zero-order valence-corrected chi connectivity index (χ0v) is 9.72. The minimum atomic E-state index is -1.59. The molecule has 1 saturated carbocycles. The molecule has 0 bridgehead atoms. The van der Waals surface area contributed by atoms with Gasteiger partial charge in [0.25, 0.3) is 0 Å². The quantitative estimate of drug-likeness (QED) is 0.595. The normalized spacial score (nSPS) is 17.8. The third-order valence-electron chi connectivity index (χ3n) is 3.22. The number of hydrogen-bond donors (Lipinski definition) is 3. The minimum absolute atomic E-state index is 0. The van der Waals surface area contributed by atoms with E-state index in [1.54, 1.807) is 4.90 Å². The minimum Gasteiger partial charge on any atom is -0.393 e. The summed E-state index contributed by atoms with van der Waals surface area (Å²) in [5.41, 5.74) is -1.59. The first-order chi connectivity index (χ1) is 7.52. The van der Waals surface area contributed by atoms with E-state index in [4.69, 9.17) is 10.2 Å². The van der Waals surface area contributed by atoms with Gasteiger partial charge in [0, 0.05) is 13.0 Å². The van der Waals surface area contributed by atoms with Gasteiger partial charge in [0.05, 0.1) is 19.8 Å². The topological polar surface area (TPSA) is 81.0 Å². The highest BCUT2D eigenvalue weighted by atomic mass is 16.4. The molecule has 94 valence electrons. The third-order valence-corrected chi connectivity index (χ3v) is 3.22. The van der Waals surface area contributed by atoms with Crippen LogP contribution < -0.4 is 0 Å². The van der Waals surface area contributed by atoms with E-state index in [1.807, 2.05) is 0 Å². The number of nitrogens with zero attached hydrogens (tertiary/aromatic N) is 1. The predicted molar refractivity (Wildman–Crippen MR) is 58.8 cm³/mol. The van der Waals surface area contributed by atoms with Crippen LogP contribution >= 0.6 is 0 Å². The molecule has 5 heteroatoms. The second kappa shape index (κ2) is 5.61. The molecular formula is C11H21NO4. The fourth-order valence-corrected chi connectivity index (χ4v) is 2.18. The Kier molecular flexibility index (Phi) is 4.70. The van der Waals surface area contributed by atoms with Crippen LogP contribution in [-0.4, -0.2) is 57.5 Å². The molecule has 5 nitrogen and oxygen atoms in total. The molecule has 1 amide bonds. The van der Waals surface area contributed by atoms with Crippen molar-refractivity contribution in [1.29, 1.82) is 0 Å². The van der Waals surface area contributed by atoms with Crippen LogP contribution in [0.15, 0.2) is 0 Å². The molecule has 1 rings (SSSR count). The molecule has 0 aromatic rings. The largest absolute Gasteiger partial charge is 0.393 e. The van der Waals surface area contributed by atoms with Crippen molar-refractivity contribution in [3.63, 3.8) is 0 Å². The average Bonchev–Trinajstić information content (AvgIpc) is 2.78. The lowest BCUT2D eigenvalue weighted by molar-refractivity contribution is -0.139. The van der Waals surface area contributed by atoms with Crippen LogP contribution in [0.5, 0.6) is 0 Å². The summed E-state index contributed by atoms with van der Waals surface area (Å²) in [5.74, 6) is -0.118. The number of rotatable bonds is 5. The van der Waals surface area contributed by atoms with Crippen molar-refractivity contribution in [2.45, 2.75) is 44.2 Å². The highest BCUT2D eigenvalue weighted by Crippen LogP contribution is 2.24. The van der Waals surface area contributed by atoms with Crippen molar-refractivity contribution in [2.24, 2.45) is 0 Å². The molecule has 0 aliphatic heterocycles. The lowest BCUT2D eigenvalue weighted by atomic mass is 10.0. The molecule has 3 N–H and O–H groups in total. The molecule has 0 atom stereocenters. The average molecular weight is 231 g/mol. The number of aliphatic hydroxyl groups is 3. The Morgan fingerprint density at radius 1 is 1.31 bits per heavy atom. The molecule has 0 heterocycles. The number of carbonyl (C=O) groups excluding carboxylic acids is 1. The number of hydrogen-bond acceptors (Lipinski definition) is 4. The summed E-state index contributed by atoms with van der Waals surface area (Å²) in [6, 6.07) is 0.141. The monoisotopic (exact) mass is 231 g/mol. The molecule has 0 aromatic carbocycles. The molecule has 1 aliphatic rings. The molecule has 0 unspecified atom stereocenters. The van der Waals surface area contributed by atoms with Gasteiger partial charge in [-0.05, 0) is 12.8 Å². The zero-order valence-electron chi connectivity index (χ0n) is 9.72. The van der Waals surface area contributed by atoms with Crippen LogP contribution in [0.4, 0.5) is 0 Å². The number of amides is 1. The maximum absolute atomic E-state index is 11.5. The predicted octanol–water partition coefficient (Wildman–Crippen LogP) is -0.507. The Balaban J connectivity index is 2.67. The van der Waals surface area contributed by atoms with Gasteiger partial charge >= 0.3 is 0 Å². The first-order valence-electron chi connectivity index (χ1n) is 5.74. The first kappa shape index (κ1) is 13.4. The van der Waals surface area contributed by atoms with Gasteiger partial charge in [0.2, 0.25) is 5.91 Å². The molecule has 0 saturated heterocycles. The van der Waals surface area contributed by atoms with Gasteiger partial charge in [-0.15, -0.1) is 0 Å². The number of carbonyl (C=O) groups is 1. The van der Waals surface area contributed by atoms with E-state index >= 15 is 0 Å². The van der Waals surface area contributed by atoms with Crippen LogP contribution in [0.2, 0.25) is 0 Å². The second-order valence-corrected chi connectivity index (χ2v) is 4.63. The summed E-state index contributed by atoms with van der Waals surface area (Å²) in [4.78, 5) is 13.1. The van der Waals surface area contributed by atoms with Gasteiger partial charge in [-0.1, -0.05) is 12.8 Å². The van der Waals surface area contributed by atoms with Crippen molar-refractivity contribution in [3.05, 3.63) is 0 Å². The Bertz CT molecular complexity index is 234. The van der Waals surface area contributed by atoms with E-state index in [2.05, 4.69) is 0 Å². The van der Waals surface area contributed by atoms with Crippen LogP contribution in [-0.2, 0) is 4.79 Å². The van der Waals surface area contributed by atoms with Crippen LogP contribution in [0.3, 0.4) is 0 Å². The van der Waals surface area contributed by atoms with E-state index in [9.17, 15) is 9.90 Å². The summed E-state index contributed by atoms with van der Waals surface area (Å²) in [6.07, 6.45) is 4.05. The molecule has 0 spiro atoms. The van der Waals surface area contributed by atoms with Gasteiger partial charge in [0.1, 0.15) is 5.60 Å². The van der Waals surface area contributed by atoms with Crippen LogP contribution in [0.25, 0.3) is 0 Å². The fraction of sp³-hybridized carbons (Fsp3) is 0.909. The van der Waals surface area contributed by atoms with E-state index in [0.717, 1.165) is 25.7 Å². The summed E-state index contributed by atoms with van der Waals surface area (Å²) in [5, 5.41) is 27.8. The smallest absolute Gasteiger partial charge is 0.219 e. The van der Waals surface area contributed by atoms with Crippen molar-refractivity contribution in [2.75, 3.05) is 19.8 Å². The summed E-state index contributed by atoms with van der Waals surface area (Å²) >= 11 is 0. The van der Waals surface area contributed by atoms with Crippen molar-refractivity contribution < 1.29 is 20.1 Å². The highest BCUT2D eigenvalue weighted by Gasteiger charge is 2.33. The Hall–Kier alpha value is -0.650. The van der Waals surface area contributed by atoms with E-state index in [-0.39, 0.29) is 18.5 Å². The molecule has 16 heavy (non-hydrogen) atoms. The van der Waals surface area contributed by atoms with Crippen molar-refractivity contribution in [3.8, 4) is 0 Å². The van der Waals surface area contributed by atoms with Crippen molar-refractivity contribution >= 4 is 5.91 Å². The van der Waals surface area contributed by atoms with E-state index in [1.165, 1.54) is 6.92 Å². The molecule has 1 fully saturated rings. The molecule has 0 radical (unpaired) electrons. The molecule has 0 aromatic heterocycles. The maximum Gasteiger partial charge on any atom is 0.219 e. The lowest BCUT2D eigenvalue weighted by Crippen LogP contribution is -2.52. The summed E-state index contributed by atoms with van der Waals surface area (Å²) in [7, 11) is 0. The van der Waals surface area contributed by atoms with Crippen LogP contribution in [0, 0.1) is 0 Å². The van der Waals surface area contributed by atoms with Gasteiger partial charge in [0.15, 0.2) is 0 Å². The summed E-state index contributed by atoms with van der Waals surface area (Å²) < 4.78 is 0. The SMILES string of the molecule is CC(=O)N(CC(O)(CO)CO)C1CCCC1. The third kappa shape index (κ3) is 3.17. The standard InChI is InChI=1S/C11H21NO4/c1-9(15)12(10-4-2-3-5-10)6-11(16,7-13)8-14/h10,13-14,16H,2-8H2,1H3. The maximum atomic E-state index is 11.5. The second-order valence-electron chi connectivity index (χ2n) is 4.63. The zero-order chi connectivity index (χ0) is 12.2. The summed E-state index contributed by atoms with van der Waals surface area (Å²) in [6.45, 7) is 0.369. The Morgan fingerprint density at radius 3 is 2.19 bits per heavy atom.